The second kappa shape index (κ2) is 8.61. The average molecular weight is 404 g/mol. The predicted octanol–water partition coefficient (Wildman–Crippen LogP) is 3.79. The van der Waals surface area contributed by atoms with Crippen LogP contribution in [-0.2, 0) is 6.42 Å². The van der Waals surface area contributed by atoms with Gasteiger partial charge in [0, 0.05) is 49.4 Å². The molecular formula is C24H25FN4O. The Kier molecular flexibility index (Phi) is 5.74. The molecule has 0 unspecified atom stereocenters. The number of hydrogen-bond acceptors (Lipinski definition) is 4. The van der Waals surface area contributed by atoms with E-state index in [2.05, 4.69) is 9.88 Å². The molecule has 3 aromatic rings. The summed E-state index contributed by atoms with van der Waals surface area (Å²) < 4.78 is 13.3. The van der Waals surface area contributed by atoms with Gasteiger partial charge in [-0.25, -0.2) is 14.4 Å². The van der Waals surface area contributed by atoms with E-state index in [0.29, 0.717) is 32.6 Å². The topological polar surface area (TPSA) is 49.3 Å². The van der Waals surface area contributed by atoms with Crippen molar-refractivity contribution in [1.29, 1.82) is 0 Å². The number of carbonyl (C=O) groups excluding carboxylic acids is 1. The van der Waals surface area contributed by atoms with E-state index in [1.54, 1.807) is 12.1 Å². The van der Waals surface area contributed by atoms with Crippen LogP contribution in [0.5, 0.6) is 0 Å². The Labute approximate surface area is 176 Å². The summed E-state index contributed by atoms with van der Waals surface area (Å²) in [7, 11) is 0. The molecule has 154 valence electrons. The summed E-state index contributed by atoms with van der Waals surface area (Å²) >= 11 is 0. The zero-order valence-corrected chi connectivity index (χ0v) is 17.3. The zero-order chi connectivity index (χ0) is 21.1. The van der Waals surface area contributed by atoms with Crippen molar-refractivity contribution in [2.24, 2.45) is 0 Å². The molecule has 0 saturated carbocycles. The van der Waals surface area contributed by atoms with Crippen LogP contribution in [0.15, 0.2) is 54.6 Å². The monoisotopic (exact) mass is 404 g/mol. The van der Waals surface area contributed by atoms with Crippen LogP contribution in [0.4, 0.5) is 10.2 Å². The Morgan fingerprint density at radius 2 is 1.60 bits per heavy atom. The molecule has 1 aliphatic heterocycles. The number of piperazine rings is 1. The molecule has 1 aromatic heterocycles. The fraction of sp³-hybridized carbons (Fsp3) is 0.292. The maximum atomic E-state index is 13.3. The summed E-state index contributed by atoms with van der Waals surface area (Å²) in [6.45, 7) is 6.60. The van der Waals surface area contributed by atoms with Crippen LogP contribution >= 0.6 is 0 Å². The first-order valence-electron chi connectivity index (χ1n) is 10.2. The van der Waals surface area contributed by atoms with Crippen LogP contribution in [0, 0.1) is 19.7 Å². The van der Waals surface area contributed by atoms with Gasteiger partial charge in [0.2, 0.25) is 0 Å². The minimum absolute atomic E-state index is 0.0665. The molecule has 5 nitrogen and oxygen atoms in total. The van der Waals surface area contributed by atoms with Crippen molar-refractivity contribution in [2.75, 3.05) is 31.1 Å². The average Bonchev–Trinajstić information content (AvgIpc) is 2.77. The molecule has 30 heavy (non-hydrogen) atoms. The lowest BCUT2D eigenvalue weighted by molar-refractivity contribution is 0.0746. The standard InChI is InChI=1S/C24H25FN4O/c1-17-22(16-19-8-10-21(25)11-9-19)23(27-18(2)26-17)28-12-14-29(15-13-28)24(30)20-6-4-3-5-7-20/h3-11H,12-16H2,1-2H3. The van der Waals surface area contributed by atoms with Gasteiger partial charge in [0.25, 0.3) is 5.91 Å². The number of rotatable bonds is 4. The molecule has 0 bridgehead atoms. The molecule has 6 heteroatoms. The number of halogens is 1. The van der Waals surface area contributed by atoms with Crippen molar-refractivity contribution in [1.82, 2.24) is 14.9 Å². The molecule has 0 aliphatic carbocycles. The smallest absolute Gasteiger partial charge is 0.253 e. The molecule has 0 spiro atoms. The lowest BCUT2D eigenvalue weighted by Crippen LogP contribution is -2.49. The van der Waals surface area contributed by atoms with Crippen LogP contribution in [0.3, 0.4) is 0 Å². The van der Waals surface area contributed by atoms with Gasteiger partial charge in [-0.2, -0.15) is 0 Å². The summed E-state index contributed by atoms with van der Waals surface area (Å²) in [5.74, 6) is 1.47. The highest BCUT2D eigenvalue weighted by atomic mass is 19.1. The van der Waals surface area contributed by atoms with Gasteiger partial charge in [0.15, 0.2) is 0 Å². The lowest BCUT2D eigenvalue weighted by Gasteiger charge is -2.36. The van der Waals surface area contributed by atoms with Gasteiger partial charge >= 0.3 is 0 Å². The quantitative estimate of drug-likeness (QED) is 0.664. The van der Waals surface area contributed by atoms with E-state index in [0.717, 1.165) is 34.0 Å². The van der Waals surface area contributed by atoms with Gasteiger partial charge in [-0.3, -0.25) is 4.79 Å². The van der Waals surface area contributed by atoms with E-state index in [1.165, 1.54) is 12.1 Å². The largest absolute Gasteiger partial charge is 0.353 e. The molecule has 0 N–H and O–H groups in total. The van der Waals surface area contributed by atoms with Gasteiger partial charge in [-0.1, -0.05) is 30.3 Å². The van der Waals surface area contributed by atoms with Crippen molar-refractivity contribution in [3.05, 3.63) is 88.6 Å². The van der Waals surface area contributed by atoms with Gasteiger partial charge in [0.1, 0.15) is 17.5 Å². The van der Waals surface area contributed by atoms with E-state index in [4.69, 9.17) is 4.98 Å². The van der Waals surface area contributed by atoms with Gasteiger partial charge in [-0.15, -0.1) is 0 Å². The summed E-state index contributed by atoms with van der Waals surface area (Å²) in [5.41, 5.74) is 3.72. The van der Waals surface area contributed by atoms with Crippen LogP contribution < -0.4 is 4.90 Å². The predicted molar refractivity (Wildman–Crippen MR) is 115 cm³/mol. The third kappa shape index (κ3) is 4.32. The van der Waals surface area contributed by atoms with Crippen LogP contribution in [0.1, 0.15) is 33.0 Å². The zero-order valence-electron chi connectivity index (χ0n) is 17.3. The van der Waals surface area contributed by atoms with Gasteiger partial charge in [0.05, 0.1) is 0 Å². The van der Waals surface area contributed by atoms with Crippen LogP contribution in [0.2, 0.25) is 0 Å². The van der Waals surface area contributed by atoms with Crippen LogP contribution in [-0.4, -0.2) is 47.0 Å². The third-order valence-corrected chi connectivity index (χ3v) is 5.49. The van der Waals surface area contributed by atoms with Gasteiger partial charge < -0.3 is 9.80 Å². The minimum atomic E-state index is -0.241. The summed E-state index contributed by atoms with van der Waals surface area (Å²) in [4.78, 5) is 26.2. The number of aryl methyl sites for hydroxylation is 2. The maximum absolute atomic E-state index is 13.3. The van der Waals surface area contributed by atoms with Crippen molar-refractivity contribution < 1.29 is 9.18 Å². The van der Waals surface area contributed by atoms with Crippen molar-refractivity contribution >= 4 is 11.7 Å². The van der Waals surface area contributed by atoms with E-state index < -0.39 is 0 Å². The lowest BCUT2D eigenvalue weighted by atomic mass is 10.0. The molecule has 1 aliphatic rings. The normalized spacial score (nSPS) is 14.1. The van der Waals surface area contributed by atoms with E-state index in [1.807, 2.05) is 49.1 Å². The number of carbonyl (C=O) groups is 1. The highest BCUT2D eigenvalue weighted by Crippen LogP contribution is 2.25. The maximum Gasteiger partial charge on any atom is 0.253 e. The van der Waals surface area contributed by atoms with E-state index in [-0.39, 0.29) is 11.7 Å². The first kappa shape index (κ1) is 20.0. The molecule has 4 rings (SSSR count). The highest BCUT2D eigenvalue weighted by molar-refractivity contribution is 5.94. The minimum Gasteiger partial charge on any atom is -0.353 e. The second-order valence-electron chi connectivity index (χ2n) is 7.61. The Morgan fingerprint density at radius 3 is 2.27 bits per heavy atom. The first-order valence-corrected chi connectivity index (χ1v) is 10.2. The number of hydrogen-bond donors (Lipinski definition) is 0. The third-order valence-electron chi connectivity index (χ3n) is 5.49. The molecule has 2 heterocycles. The number of aromatic nitrogens is 2. The molecule has 0 atom stereocenters. The molecular weight excluding hydrogens is 379 g/mol. The second-order valence-corrected chi connectivity index (χ2v) is 7.61. The number of anilines is 1. The first-order chi connectivity index (χ1) is 14.5. The van der Waals surface area contributed by atoms with Crippen LogP contribution in [0.25, 0.3) is 0 Å². The van der Waals surface area contributed by atoms with Gasteiger partial charge in [-0.05, 0) is 43.7 Å². The molecule has 0 radical (unpaired) electrons. The molecule has 2 aromatic carbocycles. The highest BCUT2D eigenvalue weighted by Gasteiger charge is 2.25. The number of nitrogens with zero attached hydrogens (tertiary/aromatic N) is 4. The summed E-state index contributed by atoms with van der Waals surface area (Å²) in [6, 6.07) is 16.0. The summed E-state index contributed by atoms with van der Waals surface area (Å²) in [5, 5.41) is 0. The molecule has 1 amide bonds. The number of benzene rings is 2. The van der Waals surface area contributed by atoms with E-state index >= 15 is 0 Å². The molecule has 1 saturated heterocycles. The fourth-order valence-corrected chi connectivity index (χ4v) is 3.88. The fourth-order valence-electron chi connectivity index (χ4n) is 3.88. The van der Waals surface area contributed by atoms with Crippen molar-refractivity contribution in [2.45, 2.75) is 20.3 Å². The molecule has 1 fully saturated rings. The van der Waals surface area contributed by atoms with Crippen molar-refractivity contribution in [3.63, 3.8) is 0 Å². The Bertz CT molecular complexity index is 1030. The summed E-state index contributed by atoms with van der Waals surface area (Å²) in [6.07, 6.45) is 0.644. The van der Waals surface area contributed by atoms with E-state index in [9.17, 15) is 9.18 Å². The van der Waals surface area contributed by atoms with Crippen molar-refractivity contribution in [3.8, 4) is 0 Å². The Morgan fingerprint density at radius 1 is 0.933 bits per heavy atom. The SMILES string of the molecule is Cc1nc(C)c(Cc2ccc(F)cc2)c(N2CCN(C(=O)c3ccccc3)CC2)n1. The Hall–Kier alpha value is -3.28. The Balaban J connectivity index is 1.53. The number of amides is 1.